The number of aromatic nitrogens is 3. The van der Waals surface area contributed by atoms with E-state index in [0.717, 1.165) is 5.69 Å². The van der Waals surface area contributed by atoms with Gasteiger partial charge in [-0.1, -0.05) is 18.2 Å². The van der Waals surface area contributed by atoms with Crippen LogP contribution in [0.1, 0.15) is 19.9 Å². The Morgan fingerprint density at radius 2 is 2.06 bits per heavy atom. The Morgan fingerprint density at radius 1 is 1.24 bits per heavy atom. The summed E-state index contributed by atoms with van der Waals surface area (Å²) in [6.07, 6.45) is 3.59. The normalized spacial score (nSPS) is 11.5. The lowest BCUT2D eigenvalue weighted by Gasteiger charge is -2.13. The molecule has 0 aliphatic carbocycles. The van der Waals surface area contributed by atoms with Gasteiger partial charge in [0.25, 0.3) is 0 Å². The predicted molar refractivity (Wildman–Crippen MR) is 69.9 cm³/mol. The zero-order valence-electron chi connectivity index (χ0n) is 10.0. The van der Waals surface area contributed by atoms with Gasteiger partial charge in [0.05, 0.1) is 23.9 Å². The van der Waals surface area contributed by atoms with Crippen molar-refractivity contribution in [3.05, 3.63) is 42.9 Å². The monoisotopic (exact) mass is 225 g/mol. The maximum absolute atomic E-state index is 4.10. The van der Waals surface area contributed by atoms with E-state index in [0.29, 0.717) is 6.04 Å². The van der Waals surface area contributed by atoms with E-state index in [1.165, 1.54) is 16.6 Å². The first-order valence-corrected chi connectivity index (χ1v) is 5.86. The third-order valence-electron chi connectivity index (χ3n) is 3.04. The predicted octanol–water partition coefficient (Wildman–Crippen LogP) is 3.61. The number of rotatable bonds is 2. The van der Waals surface area contributed by atoms with Crippen LogP contribution in [0.3, 0.4) is 0 Å². The van der Waals surface area contributed by atoms with Crippen LogP contribution < -0.4 is 0 Å². The van der Waals surface area contributed by atoms with Gasteiger partial charge in [-0.15, -0.1) is 0 Å². The average molecular weight is 225 g/mol. The lowest BCUT2D eigenvalue weighted by Crippen LogP contribution is -2.02. The largest absolute Gasteiger partial charge is 0.343 e. The van der Waals surface area contributed by atoms with Gasteiger partial charge in [0, 0.05) is 16.9 Å². The zero-order chi connectivity index (χ0) is 11.8. The molecule has 0 amide bonds. The first-order chi connectivity index (χ1) is 8.27. The lowest BCUT2D eigenvalue weighted by molar-refractivity contribution is 0.628. The van der Waals surface area contributed by atoms with Crippen molar-refractivity contribution < 1.29 is 0 Å². The molecule has 1 N–H and O–H groups in total. The van der Waals surface area contributed by atoms with Crippen LogP contribution in [0, 0.1) is 0 Å². The minimum atomic E-state index is 0.424. The first-order valence-electron chi connectivity index (χ1n) is 5.86. The molecule has 86 valence electrons. The van der Waals surface area contributed by atoms with Gasteiger partial charge in [-0.3, -0.25) is 0 Å². The number of nitrogens with zero attached hydrogens (tertiary/aromatic N) is 2. The molecule has 0 aliphatic rings. The van der Waals surface area contributed by atoms with Crippen LogP contribution in [0.2, 0.25) is 0 Å². The van der Waals surface area contributed by atoms with E-state index in [-0.39, 0.29) is 0 Å². The van der Waals surface area contributed by atoms with Crippen molar-refractivity contribution in [1.29, 1.82) is 0 Å². The summed E-state index contributed by atoms with van der Waals surface area (Å²) >= 11 is 0. The number of para-hydroxylation sites is 1. The van der Waals surface area contributed by atoms with E-state index in [1.54, 1.807) is 6.33 Å². The molecule has 0 atom stereocenters. The van der Waals surface area contributed by atoms with Crippen molar-refractivity contribution in [2.75, 3.05) is 0 Å². The third-order valence-corrected chi connectivity index (χ3v) is 3.04. The van der Waals surface area contributed by atoms with E-state index in [1.807, 2.05) is 6.20 Å². The van der Waals surface area contributed by atoms with Gasteiger partial charge in [-0.2, -0.15) is 0 Å². The van der Waals surface area contributed by atoms with E-state index in [4.69, 9.17) is 0 Å². The Morgan fingerprint density at radius 3 is 2.76 bits per heavy atom. The second-order valence-corrected chi connectivity index (χ2v) is 4.52. The van der Waals surface area contributed by atoms with E-state index in [9.17, 15) is 0 Å². The topological polar surface area (TPSA) is 33.6 Å². The van der Waals surface area contributed by atoms with Crippen LogP contribution in [-0.2, 0) is 0 Å². The highest BCUT2D eigenvalue weighted by Crippen LogP contribution is 2.29. The molecule has 0 aliphatic heterocycles. The van der Waals surface area contributed by atoms with Crippen LogP contribution in [-0.4, -0.2) is 14.5 Å². The summed E-state index contributed by atoms with van der Waals surface area (Å²) in [5, 5.41) is 1.27. The highest BCUT2D eigenvalue weighted by atomic mass is 15.0. The van der Waals surface area contributed by atoms with E-state index in [2.05, 4.69) is 58.7 Å². The number of aromatic amines is 1. The summed E-state index contributed by atoms with van der Waals surface area (Å²) in [6, 6.07) is 11.1. The second-order valence-electron chi connectivity index (χ2n) is 4.52. The summed E-state index contributed by atoms with van der Waals surface area (Å²) < 4.78 is 2.34. The van der Waals surface area contributed by atoms with Crippen molar-refractivity contribution in [3.63, 3.8) is 0 Å². The molecule has 3 nitrogen and oxygen atoms in total. The fraction of sp³-hybridized carbons (Fsp3) is 0.214. The molecule has 0 unspecified atom stereocenters. The van der Waals surface area contributed by atoms with Crippen LogP contribution in [0.15, 0.2) is 42.9 Å². The number of benzene rings is 1. The van der Waals surface area contributed by atoms with Gasteiger partial charge in [0.2, 0.25) is 0 Å². The molecule has 3 heteroatoms. The smallest absolute Gasteiger partial charge is 0.0924 e. The average Bonchev–Trinajstić information content (AvgIpc) is 2.95. The molecule has 3 rings (SSSR count). The van der Waals surface area contributed by atoms with Gasteiger partial charge in [0.15, 0.2) is 0 Å². The molecule has 2 heterocycles. The summed E-state index contributed by atoms with van der Waals surface area (Å²) in [6.45, 7) is 4.40. The Kier molecular flexibility index (Phi) is 2.25. The molecule has 0 saturated heterocycles. The summed E-state index contributed by atoms with van der Waals surface area (Å²) in [4.78, 5) is 7.28. The van der Waals surface area contributed by atoms with E-state index < -0.39 is 0 Å². The van der Waals surface area contributed by atoms with Gasteiger partial charge >= 0.3 is 0 Å². The Bertz CT molecular complexity index is 633. The Balaban J connectivity index is 2.34. The van der Waals surface area contributed by atoms with Crippen LogP contribution >= 0.6 is 0 Å². The number of imidazole rings is 1. The quantitative estimate of drug-likeness (QED) is 0.710. The summed E-state index contributed by atoms with van der Waals surface area (Å²) in [5.41, 5.74) is 3.53. The number of hydrogen-bond donors (Lipinski definition) is 1. The number of fused-ring (bicyclic) bond motifs is 1. The molecule has 2 aromatic heterocycles. The molecule has 3 aromatic rings. The Labute approximate surface area is 100 Å². The number of nitrogens with one attached hydrogen (secondary N) is 1. The molecule has 0 radical (unpaired) electrons. The second kappa shape index (κ2) is 3.77. The highest BCUT2D eigenvalue weighted by Gasteiger charge is 2.13. The minimum absolute atomic E-state index is 0.424. The standard InChI is InChI=1S/C14H15N3/c1-10(2)17-13-6-4-3-5-11(13)7-14(17)12-8-15-9-16-12/h3-10H,1-2H3,(H,15,16). The zero-order valence-corrected chi connectivity index (χ0v) is 10.0. The van der Waals surface area contributed by atoms with Gasteiger partial charge in [-0.05, 0) is 26.0 Å². The van der Waals surface area contributed by atoms with Crippen molar-refractivity contribution in [2.45, 2.75) is 19.9 Å². The minimum Gasteiger partial charge on any atom is -0.343 e. The molecular formula is C14H15N3. The van der Waals surface area contributed by atoms with Gasteiger partial charge in [0.1, 0.15) is 0 Å². The summed E-state index contributed by atoms with van der Waals surface area (Å²) in [7, 11) is 0. The van der Waals surface area contributed by atoms with Gasteiger partial charge < -0.3 is 9.55 Å². The van der Waals surface area contributed by atoms with Gasteiger partial charge in [-0.25, -0.2) is 4.98 Å². The molecule has 0 spiro atoms. The SMILES string of the molecule is CC(C)n1c(-c2cnc[nH]2)cc2ccccc21. The maximum atomic E-state index is 4.10. The fourth-order valence-electron chi connectivity index (χ4n) is 2.34. The summed E-state index contributed by atoms with van der Waals surface area (Å²) in [5.74, 6) is 0. The van der Waals surface area contributed by atoms with Crippen LogP contribution in [0.5, 0.6) is 0 Å². The molecule has 1 aromatic carbocycles. The maximum Gasteiger partial charge on any atom is 0.0924 e. The third kappa shape index (κ3) is 1.55. The molecule has 0 bridgehead atoms. The van der Waals surface area contributed by atoms with E-state index >= 15 is 0 Å². The van der Waals surface area contributed by atoms with Crippen molar-refractivity contribution >= 4 is 10.9 Å². The van der Waals surface area contributed by atoms with Crippen molar-refractivity contribution in [3.8, 4) is 11.4 Å². The first kappa shape index (κ1) is 10.1. The van der Waals surface area contributed by atoms with Crippen LogP contribution in [0.25, 0.3) is 22.3 Å². The molecule has 17 heavy (non-hydrogen) atoms. The van der Waals surface area contributed by atoms with Crippen molar-refractivity contribution in [2.24, 2.45) is 0 Å². The number of H-pyrrole nitrogens is 1. The lowest BCUT2D eigenvalue weighted by atomic mass is 10.2. The molecule has 0 fully saturated rings. The Hall–Kier alpha value is -2.03. The van der Waals surface area contributed by atoms with Crippen LogP contribution in [0.4, 0.5) is 0 Å². The fourth-order valence-corrected chi connectivity index (χ4v) is 2.34. The molecular weight excluding hydrogens is 210 g/mol. The molecule has 0 saturated carbocycles. The highest BCUT2D eigenvalue weighted by molar-refractivity contribution is 5.86. The number of hydrogen-bond acceptors (Lipinski definition) is 1. The van der Waals surface area contributed by atoms with Crippen molar-refractivity contribution in [1.82, 2.24) is 14.5 Å².